The predicted molar refractivity (Wildman–Crippen MR) is 103 cm³/mol. The smallest absolute Gasteiger partial charge is 0.255 e. The number of carbonyl (C=O) groups excluding carboxylic acids is 1. The van der Waals surface area contributed by atoms with Crippen LogP contribution in [0.1, 0.15) is 15.9 Å². The van der Waals surface area contributed by atoms with Crippen molar-refractivity contribution in [1.29, 1.82) is 0 Å². The van der Waals surface area contributed by atoms with Gasteiger partial charge in [-0.1, -0.05) is 42.5 Å². The van der Waals surface area contributed by atoms with Crippen LogP contribution >= 0.6 is 0 Å². The van der Waals surface area contributed by atoms with Gasteiger partial charge in [-0.3, -0.25) is 9.48 Å². The molecule has 2 aromatic carbocycles. The molecular formula is C21H17N5O. The molecule has 6 heteroatoms. The van der Waals surface area contributed by atoms with E-state index in [0.29, 0.717) is 17.8 Å². The number of hydrogen-bond acceptors (Lipinski definition) is 4. The lowest BCUT2D eigenvalue weighted by atomic mass is 10.1. The minimum Gasteiger partial charge on any atom is -0.319 e. The van der Waals surface area contributed by atoms with Crippen LogP contribution in [0.3, 0.4) is 0 Å². The highest BCUT2D eigenvalue weighted by atomic mass is 16.1. The zero-order valence-electron chi connectivity index (χ0n) is 14.5. The van der Waals surface area contributed by atoms with Crippen LogP contribution in [0.2, 0.25) is 0 Å². The summed E-state index contributed by atoms with van der Waals surface area (Å²) in [5.74, 6) is -0.187. The van der Waals surface area contributed by atoms with E-state index in [4.69, 9.17) is 0 Å². The molecule has 0 atom stereocenters. The Hall–Kier alpha value is -3.80. The summed E-state index contributed by atoms with van der Waals surface area (Å²) in [6.45, 7) is 0.653. The first-order chi connectivity index (χ1) is 13.3. The number of aromatic nitrogens is 4. The Labute approximate surface area is 156 Å². The molecule has 0 spiro atoms. The van der Waals surface area contributed by atoms with Crippen molar-refractivity contribution >= 4 is 11.6 Å². The molecule has 0 bridgehead atoms. The molecule has 0 radical (unpaired) electrons. The average molecular weight is 355 g/mol. The number of nitrogens with one attached hydrogen (secondary N) is 1. The van der Waals surface area contributed by atoms with Gasteiger partial charge in [-0.15, -0.1) is 0 Å². The molecule has 0 saturated heterocycles. The van der Waals surface area contributed by atoms with Crippen LogP contribution in [0.25, 0.3) is 11.1 Å². The van der Waals surface area contributed by atoms with Crippen molar-refractivity contribution in [2.45, 2.75) is 6.54 Å². The molecule has 4 rings (SSSR count). The Morgan fingerprint density at radius 3 is 2.56 bits per heavy atom. The van der Waals surface area contributed by atoms with E-state index in [0.717, 1.165) is 16.7 Å². The van der Waals surface area contributed by atoms with Gasteiger partial charge in [0, 0.05) is 29.7 Å². The highest BCUT2D eigenvalue weighted by Gasteiger charge is 2.09. The molecule has 2 heterocycles. The Balaban J connectivity index is 1.47. The van der Waals surface area contributed by atoms with Crippen molar-refractivity contribution in [3.05, 3.63) is 96.8 Å². The Morgan fingerprint density at radius 1 is 0.926 bits per heavy atom. The minimum atomic E-state index is -0.187. The lowest BCUT2D eigenvalue weighted by Crippen LogP contribution is -2.11. The van der Waals surface area contributed by atoms with Gasteiger partial charge in [0.05, 0.1) is 18.4 Å². The molecule has 0 unspecified atom stereocenters. The summed E-state index contributed by atoms with van der Waals surface area (Å²) in [6, 6.07) is 17.4. The molecule has 27 heavy (non-hydrogen) atoms. The van der Waals surface area contributed by atoms with E-state index in [1.165, 1.54) is 6.33 Å². The number of anilines is 1. The van der Waals surface area contributed by atoms with E-state index < -0.39 is 0 Å². The summed E-state index contributed by atoms with van der Waals surface area (Å²) in [4.78, 5) is 20.6. The Kier molecular flexibility index (Phi) is 4.70. The zero-order chi connectivity index (χ0) is 18.5. The van der Waals surface area contributed by atoms with Gasteiger partial charge < -0.3 is 5.32 Å². The SMILES string of the molecule is O=C(Nc1cnn(Cc2ccccc2)c1)c1cccc(-c2cncnc2)c1. The maximum absolute atomic E-state index is 12.6. The van der Waals surface area contributed by atoms with Gasteiger partial charge in [-0.05, 0) is 23.3 Å². The summed E-state index contributed by atoms with van der Waals surface area (Å²) >= 11 is 0. The fourth-order valence-electron chi connectivity index (χ4n) is 2.78. The number of rotatable bonds is 5. The maximum Gasteiger partial charge on any atom is 0.255 e. The second-order valence-electron chi connectivity index (χ2n) is 6.07. The van der Waals surface area contributed by atoms with Crippen LogP contribution in [0.15, 0.2) is 85.7 Å². The van der Waals surface area contributed by atoms with E-state index in [-0.39, 0.29) is 5.91 Å². The largest absolute Gasteiger partial charge is 0.319 e. The van der Waals surface area contributed by atoms with E-state index in [9.17, 15) is 4.79 Å². The summed E-state index contributed by atoms with van der Waals surface area (Å²) in [7, 11) is 0. The minimum absolute atomic E-state index is 0.187. The Morgan fingerprint density at radius 2 is 1.74 bits per heavy atom. The van der Waals surface area contributed by atoms with Crippen molar-refractivity contribution < 1.29 is 4.79 Å². The third kappa shape index (κ3) is 4.07. The number of benzene rings is 2. The third-order valence-electron chi connectivity index (χ3n) is 4.10. The van der Waals surface area contributed by atoms with Crippen molar-refractivity contribution in [3.8, 4) is 11.1 Å². The van der Waals surface area contributed by atoms with Crippen molar-refractivity contribution in [1.82, 2.24) is 19.7 Å². The van der Waals surface area contributed by atoms with Crippen LogP contribution in [-0.4, -0.2) is 25.7 Å². The number of hydrogen-bond donors (Lipinski definition) is 1. The lowest BCUT2D eigenvalue weighted by Gasteiger charge is -2.05. The van der Waals surface area contributed by atoms with Crippen LogP contribution in [-0.2, 0) is 6.54 Å². The molecule has 6 nitrogen and oxygen atoms in total. The summed E-state index contributed by atoms with van der Waals surface area (Å²) < 4.78 is 1.79. The Bertz CT molecular complexity index is 1040. The quantitative estimate of drug-likeness (QED) is 0.593. The monoisotopic (exact) mass is 355 g/mol. The molecule has 0 fully saturated rings. The third-order valence-corrected chi connectivity index (χ3v) is 4.10. The van der Waals surface area contributed by atoms with E-state index in [1.54, 1.807) is 29.3 Å². The van der Waals surface area contributed by atoms with Gasteiger partial charge in [0.25, 0.3) is 5.91 Å². The van der Waals surface area contributed by atoms with Gasteiger partial charge in [-0.25, -0.2) is 9.97 Å². The number of carbonyl (C=O) groups is 1. The normalized spacial score (nSPS) is 10.5. The van der Waals surface area contributed by atoms with E-state index in [1.807, 2.05) is 54.7 Å². The first kappa shape index (κ1) is 16.7. The van der Waals surface area contributed by atoms with Crippen LogP contribution in [0.5, 0.6) is 0 Å². The second-order valence-corrected chi connectivity index (χ2v) is 6.07. The van der Waals surface area contributed by atoms with Crippen LogP contribution in [0, 0.1) is 0 Å². The van der Waals surface area contributed by atoms with Crippen LogP contribution in [0.4, 0.5) is 5.69 Å². The summed E-state index contributed by atoms with van der Waals surface area (Å²) in [5.41, 5.74) is 4.12. The van der Waals surface area contributed by atoms with Gasteiger partial charge in [0.2, 0.25) is 0 Å². The van der Waals surface area contributed by atoms with E-state index >= 15 is 0 Å². The highest BCUT2D eigenvalue weighted by Crippen LogP contribution is 2.19. The van der Waals surface area contributed by atoms with Crippen molar-refractivity contribution in [2.75, 3.05) is 5.32 Å². The second kappa shape index (κ2) is 7.61. The molecule has 1 amide bonds. The van der Waals surface area contributed by atoms with Gasteiger partial charge >= 0.3 is 0 Å². The summed E-state index contributed by atoms with van der Waals surface area (Å²) in [6.07, 6.45) is 8.39. The van der Waals surface area contributed by atoms with E-state index in [2.05, 4.69) is 20.4 Å². The van der Waals surface area contributed by atoms with Gasteiger partial charge in [0.15, 0.2) is 0 Å². The molecule has 2 aromatic heterocycles. The topological polar surface area (TPSA) is 72.7 Å². The molecule has 0 aliphatic rings. The van der Waals surface area contributed by atoms with Gasteiger partial charge in [-0.2, -0.15) is 5.10 Å². The molecule has 0 aliphatic heterocycles. The first-order valence-electron chi connectivity index (χ1n) is 8.51. The van der Waals surface area contributed by atoms with Crippen LogP contribution < -0.4 is 5.32 Å². The fourth-order valence-corrected chi connectivity index (χ4v) is 2.78. The molecule has 132 valence electrons. The van der Waals surface area contributed by atoms with Crippen molar-refractivity contribution in [2.24, 2.45) is 0 Å². The van der Waals surface area contributed by atoms with Crippen molar-refractivity contribution in [3.63, 3.8) is 0 Å². The molecule has 0 aliphatic carbocycles. The first-order valence-corrected chi connectivity index (χ1v) is 8.51. The predicted octanol–water partition coefficient (Wildman–Crippen LogP) is 3.64. The maximum atomic E-state index is 12.6. The highest BCUT2D eigenvalue weighted by molar-refractivity contribution is 6.04. The molecule has 0 saturated carbocycles. The fraction of sp³-hybridized carbons (Fsp3) is 0.0476. The molecule has 4 aromatic rings. The zero-order valence-corrected chi connectivity index (χ0v) is 14.5. The molecule has 1 N–H and O–H groups in total. The standard InChI is InChI=1S/C21H17N5O/c27-21(18-8-4-7-17(9-18)19-10-22-15-23-11-19)25-20-12-24-26(14-20)13-16-5-2-1-3-6-16/h1-12,14-15H,13H2,(H,25,27). The summed E-state index contributed by atoms with van der Waals surface area (Å²) in [5, 5.41) is 7.20. The number of amides is 1. The van der Waals surface area contributed by atoms with Gasteiger partial charge in [0.1, 0.15) is 6.33 Å². The average Bonchev–Trinajstić information content (AvgIpc) is 3.16. The molecular weight excluding hydrogens is 338 g/mol. The number of nitrogens with zero attached hydrogens (tertiary/aromatic N) is 4. The lowest BCUT2D eigenvalue weighted by molar-refractivity contribution is 0.102.